The maximum atomic E-state index is 11.3. The number of esters is 1. The number of ether oxygens (including phenoxy) is 1. The third-order valence-electron chi connectivity index (χ3n) is 2.71. The molecule has 0 spiro atoms. The van der Waals surface area contributed by atoms with Crippen LogP contribution in [-0.4, -0.2) is 13.1 Å². The Bertz CT molecular complexity index is 580. The van der Waals surface area contributed by atoms with Gasteiger partial charge in [0.15, 0.2) is 0 Å². The molecule has 0 radical (unpaired) electrons. The van der Waals surface area contributed by atoms with Gasteiger partial charge >= 0.3 is 5.97 Å². The van der Waals surface area contributed by atoms with E-state index >= 15 is 0 Å². The van der Waals surface area contributed by atoms with Crippen LogP contribution in [0.25, 0.3) is 0 Å². The summed E-state index contributed by atoms with van der Waals surface area (Å²) < 4.78 is 10.00. The van der Waals surface area contributed by atoms with Crippen LogP contribution in [0.3, 0.4) is 0 Å². The van der Waals surface area contributed by atoms with Crippen molar-refractivity contribution in [1.29, 1.82) is 0 Å². The second kappa shape index (κ2) is 7.41. The summed E-state index contributed by atoms with van der Waals surface area (Å²) in [7, 11) is 1.34. The molecule has 2 rings (SSSR count). The molecule has 5 heteroatoms. The maximum absolute atomic E-state index is 11.3. The molecule has 0 aliphatic rings. The lowest BCUT2D eigenvalue weighted by Gasteiger charge is -2.02. The number of benzene rings is 1. The number of hydrogen-bond acceptors (Lipinski definition) is 4. The third kappa shape index (κ3) is 4.05. The zero-order valence-corrected chi connectivity index (χ0v) is 12.7. The SMILES string of the molecule is COC(=O)c1ccc(CSCc2cccc(CCl)c2)o1. The van der Waals surface area contributed by atoms with Crippen LogP contribution in [0.4, 0.5) is 0 Å². The minimum Gasteiger partial charge on any atom is -0.463 e. The van der Waals surface area contributed by atoms with Gasteiger partial charge in [-0.1, -0.05) is 24.3 Å². The first-order valence-corrected chi connectivity index (χ1v) is 7.80. The van der Waals surface area contributed by atoms with Crippen LogP contribution >= 0.6 is 23.4 Å². The van der Waals surface area contributed by atoms with Gasteiger partial charge in [0.1, 0.15) is 5.76 Å². The smallest absolute Gasteiger partial charge is 0.373 e. The molecule has 0 fully saturated rings. The van der Waals surface area contributed by atoms with Gasteiger partial charge in [-0.15, -0.1) is 23.4 Å². The fraction of sp³-hybridized carbons (Fsp3) is 0.267. The number of carbonyl (C=O) groups excluding carboxylic acids is 1. The molecule has 3 nitrogen and oxygen atoms in total. The standard InChI is InChI=1S/C15H15ClO3S/c1-18-15(17)14-6-5-13(19-14)10-20-9-12-4-2-3-11(7-12)8-16/h2-7H,8-10H2,1H3. The average Bonchev–Trinajstić information content (AvgIpc) is 2.95. The van der Waals surface area contributed by atoms with Gasteiger partial charge in [0.05, 0.1) is 12.9 Å². The number of hydrogen-bond donors (Lipinski definition) is 0. The summed E-state index contributed by atoms with van der Waals surface area (Å²) in [4.78, 5) is 11.3. The fourth-order valence-corrected chi connectivity index (χ4v) is 2.78. The lowest BCUT2D eigenvalue weighted by Crippen LogP contribution is -1.98. The van der Waals surface area contributed by atoms with E-state index in [2.05, 4.69) is 16.9 Å². The molecule has 0 bridgehead atoms. The molecular weight excluding hydrogens is 296 g/mol. The number of furan rings is 1. The molecule has 20 heavy (non-hydrogen) atoms. The normalized spacial score (nSPS) is 10.5. The van der Waals surface area contributed by atoms with Gasteiger partial charge in [0, 0.05) is 11.6 Å². The van der Waals surface area contributed by atoms with E-state index in [-0.39, 0.29) is 5.76 Å². The molecule has 0 unspecified atom stereocenters. The third-order valence-corrected chi connectivity index (χ3v) is 4.04. The molecule has 106 valence electrons. The van der Waals surface area contributed by atoms with Crippen molar-refractivity contribution in [3.8, 4) is 0 Å². The number of carbonyl (C=O) groups is 1. The summed E-state index contributed by atoms with van der Waals surface area (Å²) in [5.74, 6) is 2.67. The average molecular weight is 311 g/mol. The zero-order chi connectivity index (χ0) is 14.4. The van der Waals surface area contributed by atoms with Crippen LogP contribution in [-0.2, 0) is 22.1 Å². The van der Waals surface area contributed by atoms with Crippen molar-refractivity contribution in [3.63, 3.8) is 0 Å². The highest BCUT2D eigenvalue weighted by Gasteiger charge is 2.10. The lowest BCUT2D eigenvalue weighted by molar-refractivity contribution is 0.0563. The number of rotatable bonds is 6. The first kappa shape index (κ1) is 15.0. The highest BCUT2D eigenvalue weighted by Crippen LogP contribution is 2.20. The summed E-state index contributed by atoms with van der Waals surface area (Å²) in [5, 5.41) is 0. The van der Waals surface area contributed by atoms with E-state index in [1.165, 1.54) is 12.7 Å². The van der Waals surface area contributed by atoms with Crippen molar-refractivity contribution in [2.75, 3.05) is 7.11 Å². The molecule has 1 aromatic heterocycles. The van der Waals surface area contributed by atoms with Gasteiger partial charge in [-0.2, -0.15) is 0 Å². The molecular formula is C15H15ClO3S. The number of alkyl halides is 1. The van der Waals surface area contributed by atoms with E-state index in [1.54, 1.807) is 23.9 Å². The van der Waals surface area contributed by atoms with Gasteiger partial charge in [-0.25, -0.2) is 4.79 Å². The Labute approximate surface area is 127 Å². The molecule has 2 aromatic rings. The van der Waals surface area contributed by atoms with E-state index in [0.717, 1.165) is 17.1 Å². The Morgan fingerprint density at radius 2 is 2.05 bits per heavy atom. The minimum absolute atomic E-state index is 0.243. The topological polar surface area (TPSA) is 39.4 Å². The van der Waals surface area contributed by atoms with Crippen LogP contribution in [0.15, 0.2) is 40.8 Å². The highest BCUT2D eigenvalue weighted by molar-refractivity contribution is 7.97. The second-order valence-corrected chi connectivity index (χ2v) is 5.46. The molecule has 0 aliphatic heterocycles. The molecule has 0 N–H and O–H groups in total. The van der Waals surface area contributed by atoms with Crippen LogP contribution in [0.2, 0.25) is 0 Å². The summed E-state index contributed by atoms with van der Waals surface area (Å²) in [6.45, 7) is 0. The quantitative estimate of drug-likeness (QED) is 0.591. The van der Waals surface area contributed by atoms with Crippen LogP contribution in [0.1, 0.15) is 27.4 Å². The van der Waals surface area contributed by atoms with E-state index in [9.17, 15) is 4.79 Å². The van der Waals surface area contributed by atoms with Gasteiger partial charge in [0.2, 0.25) is 5.76 Å². The lowest BCUT2D eigenvalue weighted by atomic mass is 10.2. The van der Waals surface area contributed by atoms with E-state index in [1.807, 2.05) is 12.1 Å². The van der Waals surface area contributed by atoms with Crippen LogP contribution in [0, 0.1) is 0 Å². The first-order valence-electron chi connectivity index (χ1n) is 6.11. The fourth-order valence-electron chi connectivity index (χ4n) is 1.74. The molecule has 0 saturated carbocycles. The van der Waals surface area contributed by atoms with E-state index in [0.29, 0.717) is 11.6 Å². The number of halogens is 1. The molecule has 1 aromatic carbocycles. The van der Waals surface area contributed by atoms with Crippen molar-refractivity contribution in [2.45, 2.75) is 17.4 Å². The first-order chi connectivity index (χ1) is 9.72. The Morgan fingerprint density at radius 3 is 2.80 bits per heavy atom. The minimum atomic E-state index is -0.448. The van der Waals surface area contributed by atoms with Crippen LogP contribution in [0.5, 0.6) is 0 Å². The summed E-state index contributed by atoms with van der Waals surface area (Å²) in [6, 6.07) is 11.6. The zero-order valence-electron chi connectivity index (χ0n) is 11.1. The predicted octanol–water partition coefficient (Wildman–Crippen LogP) is 4.24. The van der Waals surface area contributed by atoms with Crippen molar-refractivity contribution in [3.05, 3.63) is 59.0 Å². The van der Waals surface area contributed by atoms with Crippen molar-refractivity contribution < 1.29 is 13.9 Å². The van der Waals surface area contributed by atoms with Crippen molar-refractivity contribution in [1.82, 2.24) is 0 Å². The summed E-state index contributed by atoms with van der Waals surface area (Å²) >= 11 is 7.53. The van der Waals surface area contributed by atoms with Gasteiger partial charge < -0.3 is 9.15 Å². The number of thioether (sulfide) groups is 1. The van der Waals surface area contributed by atoms with Gasteiger partial charge in [-0.3, -0.25) is 0 Å². The Hall–Kier alpha value is -1.39. The molecule has 1 heterocycles. The second-order valence-electron chi connectivity index (χ2n) is 4.20. The number of methoxy groups -OCH3 is 1. The summed E-state index contributed by atoms with van der Waals surface area (Å²) in [5.41, 5.74) is 2.35. The van der Waals surface area contributed by atoms with Crippen LogP contribution < -0.4 is 0 Å². The van der Waals surface area contributed by atoms with Gasteiger partial charge in [0.25, 0.3) is 0 Å². The maximum Gasteiger partial charge on any atom is 0.373 e. The Kier molecular flexibility index (Phi) is 5.56. The molecule has 0 atom stereocenters. The Morgan fingerprint density at radius 1 is 1.25 bits per heavy atom. The Balaban J connectivity index is 1.86. The van der Waals surface area contributed by atoms with Gasteiger partial charge in [-0.05, 0) is 23.3 Å². The van der Waals surface area contributed by atoms with Crippen molar-refractivity contribution >= 4 is 29.3 Å². The largest absolute Gasteiger partial charge is 0.463 e. The molecule has 0 amide bonds. The predicted molar refractivity (Wildman–Crippen MR) is 81.0 cm³/mol. The van der Waals surface area contributed by atoms with E-state index < -0.39 is 5.97 Å². The van der Waals surface area contributed by atoms with Crippen molar-refractivity contribution in [2.24, 2.45) is 0 Å². The summed E-state index contributed by atoms with van der Waals surface area (Å²) in [6.07, 6.45) is 0. The molecule has 0 saturated heterocycles. The molecule has 0 aliphatic carbocycles. The monoisotopic (exact) mass is 310 g/mol. The van der Waals surface area contributed by atoms with E-state index in [4.69, 9.17) is 16.0 Å². The highest BCUT2D eigenvalue weighted by atomic mass is 35.5.